The Morgan fingerprint density at radius 1 is 0.944 bits per heavy atom. The highest BCUT2D eigenvalue weighted by Crippen LogP contribution is 2.43. The van der Waals surface area contributed by atoms with E-state index in [1.807, 2.05) is 58.9 Å². The summed E-state index contributed by atoms with van der Waals surface area (Å²) in [7, 11) is -1.29. The van der Waals surface area contributed by atoms with E-state index in [9.17, 15) is 4.79 Å². The van der Waals surface area contributed by atoms with E-state index in [0.717, 1.165) is 11.3 Å². The van der Waals surface area contributed by atoms with Crippen LogP contribution in [-0.2, 0) is 43.9 Å². The standard InChI is InChI=1S/C43H74O9Si2/c1-19-31(2)26-34(44)27-32(3)36(47-28-33-20-22-35(46-14)23-21-33)24-25-43(12,48-30-45-13)39-38(50-42(10,11)51-39)37(52-54(17,18)41(7,8)9)29-49-53(15,16)40(4,5)6/h19-23,31-32,36-39H,1,26-30H2,2-18H3/t31-,32-,36+,37+,38+,39+,43+/m0/s1. The lowest BCUT2D eigenvalue weighted by molar-refractivity contribution is -0.183. The maximum Gasteiger partial charge on any atom is 0.192 e. The molecular weight excluding hydrogens is 717 g/mol. The summed E-state index contributed by atoms with van der Waals surface area (Å²) in [5.41, 5.74) is -0.273. The molecule has 308 valence electrons. The van der Waals surface area contributed by atoms with Crippen LogP contribution in [0.4, 0.5) is 0 Å². The number of carbonyl (C=O) groups is 1. The third-order valence-electron chi connectivity index (χ3n) is 11.3. The van der Waals surface area contributed by atoms with E-state index in [1.54, 1.807) is 20.3 Å². The van der Waals surface area contributed by atoms with E-state index >= 15 is 0 Å². The van der Waals surface area contributed by atoms with E-state index < -0.39 is 52.4 Å². The molecule has 1 aliphatic heterocycles. The second-order valence-corrected chi connectivity index (χ2v) is 28.2. The predicted octanol–water partition coefficient (Wildman–Crippen LogP) is 9.70. The lowest BCUT2D eigenvalue weighted by atomic mass is 9.90. The number of methoxy groups -OCH3 is 2. The molecule has 1 saturated heterocycles. The summed E-state index contributed by atoms with van der Waals surface area (Å²) < 4.78 is 51.3. The fourth-order valence-electron chi connectivity index (χ4n) is 5.58. The van der Waals surface area contributed by atoms with Gasteiger partial charge >= 0.3 is 0 Å². The highest BCUT2D eigenvalue weighted by Gasteiger charge is 2.56. The first-order chi connectivity index (χ1) is 24.7. The summed E-state index contributed by atoms with van der Waals surface area (Å²) in [6.07, 6.45) is 0.174. The Hall–Kier alpha value is -1.86. The Morgan fingerprint density at radius 3 is 2.06 bits per heavy atom. The monoisotopic (exact) mass is 790 g/mol. The second kappa shape index (κ2) is 19.5. The summed E-state index contributed by atoms with van der Waals surface area (Å²) in [5.74, 6) is 6.65. The average Bonchev–Trinajstić information content (AvgIpc) is 3.40. The van der Waals surface area contributed by atoms with Gasteiger partial charge < -0.3 is 37.3 Å². The lowest BCUT2D eigenvalue weighted by Crippen LogP contribution is -2.57. The number of ether oxygens (including phenoxy) is 6. The van der Waals surface area contributed by atoms with Crippen molar-refractivity contribution >= 4 is 22.4 Å². The molecule has 1 aromatic rings. The third-order valence-corrected chi connectivity index (χ3v) is 20.3. The van der Waals surface area contributed by atoms with Gasteiger partial charge in [0, 0.05) is 25.9 Å². The Balaban J connectivity index is 2.65. The zero-order valence-corrected chi connectivity index (χ0v) is 38.8. The van der Waals surface area contributed by atoms with Crippen molar-refractivity contribution in [3.05, 3.63) is 42.5 Å². The number of carbonyl (C=O) groups excluding carboxylic acids is 1. The number of hydrogen-bond acceptors (Lipinski definition) is 9. The van der Waals surface area contributed by atoms with Gasteiger partial charge in [0.1, 0.15) is 36.6 Å². The van der Waals surface area contributed by atoms with Crippen LogP contribution in [0.25, 0.3) is 0 Å². The highest BCUT2D eigenvalue weighted by atomic mass is 28.4. The van der Waals surface area contributed by atoms with Gasteiger partial charge in [0.2, 0.25) is 0 Å². The molecule has 11 heteroatoms. The molecule has 2 rings (SSSR count). The molecule has 0 aromatic heterocycles. The van der Waals surface area contributed by atoms with Crippen molar-refractivity contribution in [1.82, 2.24) is 0 Å². The zero-order chi connectivity index (χ0) is 41.3. The van der Waals surface area contributed by atoms with Gasteiger partial charge in [-0.3, -0.25) is 4.79 Å². The molecule has 7 atom stereocenters. The van der Waals surface area contributed by atoms with Crippen LogP contribution in [0, 0.1) is 23.7 Å². The Bertz CT molecular complexity index is 1400. The van der Waals surface area contributed by atoms with E-state index in [0.29, 0.717) is 26.1 Å². The summed E-state index contributed by atoms with van der Waals surface area (Å²) in [6, 6.07) is 7.72. The maximum absolute atomic E-state index is 13.1. The Morgan fingerprint density at radius 2 is 1.54 bits per heavy atom. The van der Waals surface area contributed by atoms with Crippen molar-refractivity contribution < 1.29 is 42.1 Å². The summed E-state index contributed by atoms with van der Waals surface area (Å²) in [4.78, 5) is 13.1. The van der Waals surface area contributed by atoms with Gasteiger partial charge in [0.05, 0.1) is 26.4 Å². The highest BCUT2D eigenvalue weighted by molar-refractivity contribution is 6.74. The largest absolute Gasteiger partial charge is 0.497 e. The molecular formula is C43H74O9Si2. The topological polar surface area (TPSA) is 90.9 Å². The van der Waals surface area contributed by atoms with Crippen LogP contribution in [0.1, 0.15) is 94.6 Å². The van der Waals surface area contributed by atoms with Crippen molar-refractivity contribution in [3.63, 3.8) is 0 Å². The quantitative estimate of drug-likeness (QED) is 0.0554. The molecule has 0 amide bonds. The smallest absolute Gasteiger partial charge is 0.192 e. The van der Waals surface area contributed by atoms with Crippen LogP contribution in [0.15, 0.2) is 36.9 Å². The van der Waals surface area contributed by atoms with Gasteiger partial charge in [-0.05, 0) is 80.6 Å². The lowest BCUT2D eigenvalue weighted by Gasteiger charge is -2.44. The van der Waals surface area contributed by atoms with Gasteiger partial charge in [-0.1, -0.05) is 85.4 Å². The SMILES string of the molecule is C=C[C@H](C)CC(=O)C[C@H](C)[C@@H](C#C[C@@](C)(OCOC)[C@@H]1OC(C)(C)O[C@@H]1[C@@H](CO[Si](C)(C)C(C)(C)C)O[Si](C)(C)C(C)(C)C)OCc1ccc(OC)cc1. The molecule has 54 heavy (non-hydrogen) atoms. The van der Waals surface area contributed by atoms with Crippen molar-refractivity contribution in [2.24, 2.45) is 11.8 Å². The van der Waals surface area contributed by atoms with Gasteiger partial charge in [-0.2, -0.15) is 0 Å². The number of allylic oxidation sites excluding steroid dienone is 1. The fraction of sp³-hybridized carbons (Fsp3) is 0.744. The molecule has 0 aliphatic carbocycles. The van der Waals surface area contributed by atoms with Crippen molar-refractivity contribution in [1.29, 1.82) is 0 Å². The Labute approximate surface area is 330 Å². The summed E-state index contributed by atoms with van der Waals surface area (Å²) >= 11 is 0. The summed E-state index contributed by atoms with van der Waals surface area (Å²) in [5, 5.41) is -0.0573. The van der Waals surface area contributed by atoms with Crippen LogP contribution in [0.3, 0.4) is 0 Å². The normalized spacial score (nSPS) is 21.3. The van der Waals surface area contributed by atoms with Crippen LogP contribution < -0.4 is 4.74 Å². The molecule has 0 bridgehead atoms. The first-order valence-electron chi connectivity index (χ1n) is 19.4. The molecule has 1 heterocycles. The maximum atomic E-state index is 13.1. The minimum Gasteiger partial charge on any atom is -0.497 e. The summed E-state index contributed by atoms with van der Waals surface area (Å²) in [6.45, 7) is 36.5. The minimum absolute atomic E-state index is 0.00439. The zero-order valence-electron chi connectivity index (χ0n) is 36.8. The average molecular weight is 791 g/mol. The van der Waals surface area contributed by atoms with Crippen molar-refractivity contribution in [2.45, 2.75) is 168 Å². The van der Waals surface area contributed by atoms with Crippen molar-refractivity contribution in [3.8, 4) is 17.6 Å². The van der Waals surface area contributed by atoms with E-state index in [-0.39, 0.29) is 34.5 Å². The molecule has 1 aliphatic rings. The van der Waals surface area contributed by atoms with Crippen LogP contribution in [0.2, 0.25) is 36.3 Å². The van der Waals surface area contributed by atoms with Gasteiger partial charge in [-0.15, -0.1) is 6.58 Å². The number of Topliss-reactive ketones (excluding diaryl/α,β-unsaturated/α-hetero) is 1. The first kappa shape index (κ1) is 48.3. The van der Waals surface area contributed by atoms with Crippen LogP contribution in [-0.4, -0.2) is 85.8 Å². The first-order valence-corrected chi connectivity index (χ1v) is 25.2. The van der Waals surface area contributed by atoms with Gasteiger partial charge in [0.15, 0.2) is 28.0 Å². The third kappa shape index (κ3) is 14.0. The molecule has 0 N–H and O–H groups in total. The van der Waals surface area contributed by atoms with Crippen LogP contribution in [0.5, 0.6) is 5.75 Å². The molecule has 0 radical (unpaired) electrons. The number of rotatable bonds is 20. The van der Waals surface area contributed by atoms with Gasteiger partial charge in [-0.25, -0.2) is 0 Å². The molecule has 0 spiro atoms. The molecule has 0 unspecified atom stereocenters. The molecule has 1 aromatic carbocycles. The molecule has 9 nitrogen and oxygen atoms in total. The number of benzene rings is 1. The number of ketones is 1. The minimum atomic E-state index is -2.34. The Kier molecular flexibility index (Phi) is 17.5. The number of hydrogen-bond donors (Lipinski definition) is 0. The van der Waals surface area contributed by atoms with Crippen molar-refractivity contribution in [2.75, 3.05) is 27.6 Å². The fourth-order valence-corrected chi connectivity index (χ4v) is 7.90. The molecule has 0 saturated carbocycles. The van der Waals surface area contributed by atoms with E-state index in [4.69, 9.17) is 37.3 Å². The molecule has 1 fully saturated rings. The second-order valence-electron chi connectivity index (χ2n) is 18.7. The van der Waals surface area contributed by atoms with E-state index in [2.05, 4.69) is 86.2 Å². The predicted molar refractivity (Wildman–Crippen MR) is 223 cm³/mol. The van der Waals surface area contributed by atoms with Crippen LogP contribution >= 0.6 is 0 Å². The van der Waals surface area contributed by atoms with Gasteiger partial charge in [0.25, 0.3) is 0 Å². The van der Waals surface area contributed by atoms with E-state index in [1.165, 1.54) is 0 Å².